The number of rotatable bonds is 4. The summed E-state index contributed by atoms with van der Waals surface area (Å²) >= 11 is 6.21. The molecule has 1 heterocycles. The molecule has 0 radical (unpaired) electrons. The smallest absolute Gasteiger partial charge is 0.492 e. The maximum Gasteiger partial charge on any atom is 0.494 e. The van der Waals surface area contributed by atoms with Gasteiger partial charge in [0.15, 0.2) is 0 Å². The molecule has 0 atom stereocenters. The minimum Gasteiger partial charge on any atom is -0.492 e. The predicted molar refractivity (Wildman–Crippen MR) is 85.4 cm³/mol. The number of hydrogen-bond donors (Lipinski definition) is 0. The summed E-state index contributed by atoms with van der Waals surface area (Å²) in [5.41, 5.74) is 0.266. The van der Waals surface area contributed by atoms with Gasteiger partial charge in [0.25, 0.3) is 0 Å². The Morgan fingerprint density at radius 3 is 2.38 bits per heavy atom. The van der Waals surface area contributed by atoms with Crippen LogP contribution in [0.2, 0.25) is 5.02 Å². The Kier molecular flexibility index (Phi) is 3.75. The lowest BCUT2D eigenvalue weighted by molar-refractivity contribution is 0.00578. The lowest BCUT2D eigenvalue weighted by Crippen LogP contribution is -2.41. The van der Waals surface area contributed by atoms with Crippen LogP contribution in [0.3, 0.4) is 0 Å². The van der Waals surface area contributed by atoms with Crippen LogP contribution in [0, 0.1) is 5.92 Å². The van der Waals surface area contributed by atoms with E-state index in [2.05, 4.69) is 0 Å². The molecular weight excluding hydrogens is 286 g/mol. The van der Waals surface area contributed by atoms with Crippen LogP contribution < -0.4 is 10.2 Å². The third-order valence-electron chi connectivity index (χ3n) is 4.65. The molecular formula is C16H22BClO3. The molecule has 1 aliphatic heterocycles. The van der Waals surface area contributed by atoms with Crippen LogP contribution in [0.15, 0.2) is 18.2 Å². The zero-order valence-corrected chi connectivity index (χ0v) is 13.9. The Balaban J connectivity index is 1.78. The number of halogens is 1. The fraction of sp³-hybridized carbons (Fsp3) is 0.625. The Hall–Kier alpha value is -0.705. The summed E-state index contributed by atoms with van der Waals surface area (Å²) in [7, 11) is -0.379. The molecule has 21 heavy (non-hydrogen) atoms. The average molecular weight is 309 g/mol. The van der Waals surface area contributed by atoms with E-state index in [1.54, 1.807) is 0 Å². The molecule has 1 aliphatic carbocycles. The largest absolute Gasteiger partial charge is 0.494 e. The molecule has 3 nitrogen and oxygen atoms in total. The zero-order valence-electron chi connectivity index (χ0n) is 13.1. The van der Waals surface area contributed by atoms with Gasteiger partial charge in [0.2, 0.25) is 0 Å². The SMILES string of the molecule is CC1(C)OB(c2ccc(Cl)c(OCC3CC3)c2)OC1(C)C. The molecule has 1 aromatic rings. The summed E-state index contributed by atoms with van der Waals surface area (Å²) in [6.45, 7) is 8.94. The highest BCUT2D eigenvalue weighted by Crippen LogP contribution is 2.37. The number of ether oxygens (including phenoxy) is 1. The van der Waals surface area contributed by atoms with Crippen LogP contribution in [0.25, 0.3) is 0 Å². The van der Waals surface area contributed by atoms with E-state index in [0.717, 1.165) is 17.8 Å². The Bertz CT molecular complexity index is 524. The van der Waals surface area contributed by atoms with Gasteiger partial charge in [0, 0.05) is 0 Å². The van der Waals surface area contributed by atoms with Crippen molar-refractivity contribution >= 4 is 24.2 Å². The molecule has 114 valence electrons. The Morgan fingerprint density at radius 1 is 1.19 bits per heavy atom. The molecule has 5 heteroatoms. The minimum atomic E-state index is -0.379. The minimum absolute atomic E-state index is 0.341. The fourth-order valence-corrected chi connectivity index (χ4v) is 2.42. The molecule has 1 saturated heterocycles. The molecule has 1 saturated carbocycles. The molecule has 0 aromatic heterocycles. The second kappa shape index (κ2) is 5.18. The summed E-state index contributed by atoms with van der Waals surface area (Å²) in [5.74, 6) is 1.41. The number of hydrogen-bond acceptors (Lipinski definition) is 3. The van der Waals surface area contributed by atoms with E-state index in [0.29, 0.717) is 10.9 Å². The summed E-state index contributed by atoms with van der Waals surface area (Å²) in [6.07, 6.45) is 2.52. The summed E-state index contributed by atoms with van der Waals surface area (Å²) in [6, 6.07) is 5.73. The summed E-state index contributed by atoms with van der Waals surface area (Å²) < 4.78 is 17.9. The molecule has 0 N–H and O–H groups in total. The predicted octanol–water partition coefficient (Wildman–Crippen LogP) is 3.43. The first-order chi connectivity index (χ1) is 9.78. The first kappa shape index (κ1) is 15.2. The first-order valence-corrected chi connectivity index (χ1v) is 7.94. The molecule has 0 bridgehead atoms. The maximum absolute atomic E-state index is 6.21. The van der Waals surface area contributed by atoms with Crippen molar-refractivity contribution in [2.45, 2.75) is 51.7 Å². The van der Waals surface area contributed by atoms with Crippen LogP contribution in [0.1, 0.15) is 40.5 Å². The van der Waals surface area contributed by atoms with Gasteiger partial charge in [-0.2, -0.15) is 0 Å². The van der Waals surface area contributed by atoms with Gasteiger partial charge in [0.05, 0.1) is 22.8 Å². The fourth-order valence-electron chi connectivity index (χ4n) is 2.25. The van der Waals surface area contributed by atoms with Crippen molar-refractivity contribution in [3.63, 3.8) is 0 Å². The van der Waals surface area contributed by atoms with E-state index in [1.807, 2.05) is 45.9 Å². The van der Waals surface area contributed by atoms with E-state index < -0.39 is 0 Å². The van der Waals surface area contributed by atoms with Crippen LogP contribution in [-0.4, -0.2) is 24.9 Å². The van der Waals surface area contributed by atoms with Gasteiger partial charge in [-0.3, -0.25) is 0 Å². The van der Waals surface area contributed by atoms with E-state index >= 15 is 0 Å². The van der Waals surface area contributed by atoms with Crippen LogP contribution in [0.5, 0.6) is 5.75 Å². The average Bonchev–Trinajstić information content (AvgIpc) is 3.16. The van der Waals surface area contributed by atoms with Gasteiger partial charge >= 0.3 is 7.12 Å². The number of benzene rings is 1. The van der Waals surface area contributed by atoms with E-state index in [1.165, 1.54) is 12.8 Å². The van der Waals surface area contributed by atoms with Gasteiger partial charge in [0.1, 0.15) is 5.75 Å². The molecule has 0 spiro atoms. The lowest BCUT2D eigenvalue weighted by Gasteiger charge is -2.32. The monoisotopic (exact) mass is 308 g/mol. The van der Waals surface area contributed by atoms with Gasteiger partial charge in [-0.15, -0.1) is 0 Å². The highest BCUT2D eigenvalue weighted by Gasteiger charge is 2.51. The highest BCUT2D eigenvalue weighted by molar-refractivity contribution is 6.62. The standard InChI is InChI=1S/C16H22BClO3/c1-15(2)16(3,4)21-17(20-15)12-7-8-13(18)14(9-12)19-10-11-5-6-11/h7-9,11H,5-6,10H2,1-4H3. The molecule has 2 fully saturated rings. The first-order valence-electron chi connectivity index (χ1n) is 7.56. The van der Waals surface area contributed by atoms with Crippen LogP contribution in [0.4, 0.5) is 0 Å². The van der Waals surface area contributed by atoms with Crippen molar-refractivity contribution in [1.82, 2.24) is 0 Å². The van der Waals surface area contributed by atoms with Crippen molar-refractivity contribution in [2.24, 2.45) is 5.92 Å². The van der Waals surface area contributed by atoms with Crippen molar-refractivity contribution in [2.75, 3.05) is 6.61 Å². The molecule has 3 rings (SSSR count). The highest BCUT2D eigenvalue weighted by atomic mass is 35.5. The van der Waals surface area contributed by atoms with Gasteiger partial charge in [-0.25, -0.2) is 0 Å². The second-order valence-corrected chi connectivity index (χ2v) is 7.44. The van der Waals surface area contributed by atoms with Gasteiger partial charge in [-0.05, 0) is 64.1 Å². The van der Waals surface area contributed by atoms with E-state index in [-0.39, 0.29) is 18.3 Å². The van der Waals surface area contributed by atoms with Crippen molar-refractivity contribution in [3.8, 4) is 5.75 Å². The lowest BCUT2D eigenvalue weighted by atomic mass is 9.79. The topological polar surface area (TPSA) is 27.7 Å². The van der Waals surface area contributed by atoms with Gasteiger partial charge in [-0.1, -0.05) is 17.7 Å². The molecule has 1 aromatic carbocycles. The van der Waals surface area contributed by atoms with Crippen LogP contribution >= 0.6 is 11.6 Å². The quantitative estimate of drug-likeness (QED) is 0.798. The molecule has 0 amide bonds. The zero-order chi connectivity index (χ0) is 15.3. The summed E-state index contributed by atoms with van der Waals surface area (Å²) in [4.78, 5) is 0. The molecule has 2 aliphatic rings. The Morgan fingerprint density at radius 2 is 1.81 bits per heavy atom. The third kappa shape index (κ3) is 3.08. The third-order valence-corrected chi connectivity index (χ3v) is 4.96. The second-order valence-electron chi connectivity index (χ2n) is 7.03. The van der Waals surface area contributed by atoms with E-state index in [4.69, 9.17) is 25.6 Å². The summed E-state index contributed by atoms with van der Waals surface area (Å²) in [5, 5.41) is 0.635. The maximum atomic E-state index is 6.21. The molecule has 0 unspecified atom stereocenters. The normalized spacial score (nSPS) is 23.4. The van der Waals surface area contributed by atoms with Crippen molar-refractivity contribution in [3.05, 3.63) is 23.2 Å². The van der Waals surface area contributed by atoms with Crippen LogP contribution in [-0.2, 0) is 9.31 Å². The van der Waals surface area contributed by atoms with Crippen molar-refractivity contribution < 1.29 is 14.0 Å². The van der Waals surface area contributed by atoms with Gasteiger partial charge < -0.3 is 14.0 Å². The van der Waals surface area contributed by atoms with Crippen molar-refractivity contribution in [1.29, 1.82) is 0 Å². The Labute approximate surface area is 132 Å². The van der Waals surface area contributed by atoms with E-state index in [9.17, 15) is 0 Å².